The maximum atomic E-state index is 3.44. The van der Waals surface area contributed by atoms with Gasteiger partial charge in [-0.05, 0) is 70.4 Å². The molecule has 0 bridgehead atoms. The first-order chi connectivity index (χ1) is 8.65. The van der Waals surface area contributed by atoms with E-state index in [1.807, 2.05) is 0 Å². The fourth-order valence-electron chi connectivity index (χ4n) is 2.70. The second kappa shape index (κ2) is 6.35. The molecule has 100 valence electrons. The molecule has 1 fully saturated rings. The fraction of sp³-hybridized carbons (Fsp3) is 0.625. The Morgan fingerprint density at radius 3 is 2.89 bits per heavy atom. The van der Waals surface area contributed by atoms with Crippen LogP contribution in [0.1, 0.15) is 29.5 Å². The quantitative estimate of drug-likeness (QED) is 0.859. The van der Waals surface area contributed by atoms with Crippen LogP contribution in [0, 0.1) is 19.8 Å². The number of nitrogens with one attached hydrogen (secondary N) is 1. The van der Waals surface area contributed by atoms with E-state index in [0.717, 1.165) is 12.5 Å². The minimum absolute atomic E-state index is 0.894. The van der Waals surface area contributed by atoms with Crippen molar-refractivity contribution < 1.29 is 0 Å². The Kier molecular flexibility index (Phi) is 4.79. The summed E-state index contributed by atoms with van der Waals surface area (Å²) in [4.78, 5) is 2.46. The summed E-state index contributed by atoms with van der Waals surface area (Å²) >= 11 is 0. The van der Waals surface area contributed by atoms with Crippen LogP contribution in [0.2, 0.25) is 0 Å². The summed E-state index contributed by atoms with van der Waals surface area (Å²) in [7, 11) is 2.24. The summed E-state index contributed by atoms with van der Waals surface area (Å²) in [6.45, 7) is 9.10. The first-order valence-electron chi connectivity index (χ1n) is 7.10. The second-order valence-corrected chi connectivity index (χ2v) is 5.82. The Hall–Kier alpha value is -0.860. The van der Waals surface area contributed by atoms with E-state index in [4.69, 9.17) is 0 Å². The lowest BCUT2D eigenvalue weighted by molar-refractivity contribution is 0.297. The van der Waals surface area contributed by atoms with Crippen molar-refractivity contribution >= 4 is 0 Å². The van der Waals surface area contributed by atoms with Crippen molar-refractivity contribution in [1.29, 1.82) is 0 Å². The molecule has 1 saturated heterocycles. The van der Waals surface area contributed by atoms with Gasteiger partial charge in [-0.15, -0.1) is 0 Å². The van der Waals surface area contributed by atoms with Gasteiger partial charge in [0.15, 0.2) is 0 Å². The molecule has 1 heterocycles. The molecular formula is C16H26N2. The summed E-state index contributed by atoms with van der Waals surface area (Å²) in [6, 6.07) is 6.76. The maximum absolute atomic E-state index is 3.44. The van der Waals surface area contributed by atoms with Crippen LogP contribution in [0.3, 0.4) is 0 Å². The number of aryl methyl sites for hydroxylation is 2. The summed E-state index contributed by atoms with van der Waals surface area (Å²) in [5.41, 5.74) is 4.25. The summed E-state index contributed by atoms with van der Waals surface area (Å²) in [5, 5.41) is 3.44. The molecule has 1 aromatic carbocycles. The third-order valence-electron chi connectivity index (χ3n) is 4.03. The number of benzene rings is 1. The molecule has 18 heavy (non-hydrogen) atoms. The Balaban J connectivity index is 1.82. The lowest BCUT2D eigenvalue weighted by atomic mass is 10.0. The Labute approximate surface area is 111 Å². The van der Waals surface area contributed by atoms with E-state index in [-0.39, 0.29) is 0 Å². The van der Waals surface area contributed by atoms with E-state index in [9.17, 15) is 0 Å². The molecule has 1 atom stereocenters. The minimum atomic E-state index is 0.894. The van der Waals surface area contributed by atoms with Gasteiger partial charge in [-0.25, -0.2) is 0 Å². The van der Waals surface area contributed by atoms with Crippen LogP contribution >= 0.6 is 0 Å². The third-order valence-corrected chi connectivity index (χ3v) is 4.03. The van der Waals surface area contributed by atoms with Gasteiger partial charge in [0.05, 0.1) is 0 Å². The average molecular weight is 246 g/mol. The van der Waals surface area contributed by atoms with E-state index >= 15 is 0 Å². The second-order valence-electron chi connectivity index (χ2n) is 5.82. The highest BCUT2D eigenvalue weighted by Crippen LogP contribution is 2.15. The van der Waals surface area contributed by atoms with Crippen LogP contribution in [0.15, 0.2) is 18.2 Å². The molecule has 0 aliphatic carbocycles. The van der Waals surface area contributed by atoms with Gasteiger partial charge in [0.2, 0.25) is 0 Å². The molecule has 2 nitrogen and oxygen atoms in total. The minimum Gasteiger partial charge on any atom is -0.316 e. The van der Waals surface area contributed by atoms with Crippen molar-refractivity contribution in [3.05, 3.63) is 34.9 Å². The van der Waals surface area contributed by atoms with Gasteiger partial charge in [-0.1, -0.05) is 23.8 Å². The average Bonchev–Trinajstić information content (AvgIpc) is 2.84. The van der Waals surface area contributed by atoms with Gasteiger partial charge in [-0.2, -0.15) is 0 Å². The highest BCUT2D eigenvalue weighted by molar-refractivity contribution is 5.30. The molecule has 1 unspecified atom stereocenters. The van der Waals surface area contributed by atoms with Crippen molar-refractivity contribution in [1.82, 2.24) is 10.2 Å². The van der Waals surface area contributed by atoms with Crippen LogP contribution in [0.5, 0.6) is 0 Å². The zero-order valence-electron chi connectivity index (χ0n) is 12.0. The van der Waals surface area contributed by atoms with Gasteiger partial charge in [0.25, 0.3) is 0 Å². The Morgan fingerprint density at radius 1 is 1.33 bits per heavy atom. The topological polar surface area (TPSA) is 15.3 Å². The zero-order chi connectivity index (χ0) is 13.0. The summed E-state index contributed by atoms with van der Waals surface area (Å²) < 4.78 is 0. The molecule has 0 amide bonds. The monoisotopic (exact) mass is 246 g/mol. The SMILES string of the molecule is Cc1ccc(C)c(CN(C)CCC2CCNC2)c1. The highest BCUT2D eigenvalue weighted by atomic mass is 15.1. The summed E-state index contributed by atoms with van der Waals surface area (Å²) in [5.74, 6) is 0.894. The lowest BCUT2D eigenvalue weighted by Gasteiger charge is -2.20. The van der Waals surface area contributed by atoms with E-state index in [1.165, 1.54) is 49.2 Å². The number of nitrogens with zero attached hydrogens (tertiary/aromatic N) is 1. The molecule has 0 spiro atoms. The van der Waals surface area contributed by atoms with Gasteiger partial charge in [0, 0.05) is 6.54 Å². The highest BCUT2D eigenvalue weighted by Gasteiger charge is 2.14. The molecule has 1 aliphatic heterocycles. The molecule has 1 aliphatic rings. The number of hydrogen-bond acceptors (Lipinski definition) is 2. The van der Waals surface area contributed by atoms with Crippen molar-refractivity contribution in [2.75, 3.05) is 26.7 Å². The smallest absolute Gasteiger partial charge is 0.0233 e. The van der Waals surface area contributed by atoms with E-state index < -0.39 is 0 Å². The zero-order valence-corrected chi connectivity index (χ0v) is 12.0. The maximum Gasteiger partial charge on any atom is 0.0233 e. The molecule has 0 radical (unpaired) electrons. The molecule has 1 N–H and O–H groups in total. The first kappa shape index (κ1) is 13.6. The fourth-order valence-corrected chi connectivity index (χ4v) is 2.70. The van der Waals surface area contributed by atoms with Crippen molar-refractivity contribution in [3.63, 3.8) is 0 Å². The molecule has 2 heteroatoms. The molecule has 0 saturated carbocycles. The summed E-state index contributed by atoms with van der Waals surface area (Å²) in [6.07, 6.45) is 2.69. The van der Waals surface area contributed by atoms with Crippen LogP contribution < -0.4 is 5.32 Å². The van der Waals surface area contributed by atoms with E-state index in [2.05, 4.69) is 49.3 Å². The number of hydrogen-bond donors (Lipinski definition) is 1. The van der Waals surface area contributed by atoms with E-state index in [1.54, 1.807) is 0 Å². The molecular weight excluding hydrogens is 220 g/mol. The largest absolute Gasteiger partial charge is 0.316 e. The third kappa shape index (κ3) is 3.82. The van der Waals surface area contributed by atoms with Gasteiger partial charge >= 0.3 is 0 Å². The van der Waals surface area contributed by atoms with Crippen LogP contribution in [-0.4, -0.2) is 31.6 Å². The normalized spacial score (nSPS) is 19.7. The Morgan fingerprint density at radius 2 is 2.17 bits per heavy atom. The Bertz CT molecular complexity index is 381. The number of rotatable bonds is 5. The van der Waals surface area contributed by atoms with Gasteiger partial charge < -0.3 is 10.2 Å². The standard InChI is InChI=1S/C16H26N2/c1-13-4-5-14(2)16(10-13)12-18(3)9-7-15-6-8-17-11-15/h4-5,10,15,17H,6-9,11-12H2,1-3H3. The van der Waals surface area contributed by atoms with Crippen LogP contribution in [0.25, 0.3) is 0 Å². The van der Waals surface area contributed by atoms with Crippen LogP contribution in [-0.2, 0) is 6.54 Å². The van der Waals surface area contributed by atoms with Crippen molar-refractivity contribution in [2.24, 2.45) is 5.92 Å². The molecule has 2 rings (SSSR count). The van der Waals surface area contributed by atoms with Gasteiger partial charge in [-0.3, -0.25) is 0 Å². The molecule has 1 aromatic rings. The lowest BCUT2D eigenvalue weighted by Crippen LogP contribution is -2.22. The van der Waals surface area contributed by atoms with Gasteiger partial charge in [0.1, 0.15) is 0 Å². The van der Waals surface area contributed by atoms with Crippen LogP contribution in [0.4, 0.5) is 0 Å². The molecule has 0 aromatic heterocycles. The first-order valence-corrected chi connectivity index (χ1v) is 7.10. The van der Waals surface area contributed by atoms with Crippen molar-refractivity contribution in [2.45, 2.75) is 33.2 Å². The van der Waals surface area contributed by atoms with Crippen molar-refractivity contribution in [3.8, 4) is 0 Å². The van der Waals surface area contributed by atoms with E-state index in [0.29, 0.717) is 0 Å². The predicted molar refractivity (Wildman–Crippen MR) is 77.8 cm³/mol. The predicted octanol–water partition coefficient (Wildman–Crippen LogP) is 2.73.